The van der Waals surface area contributed by atoms with Crippen molar-refractivity contribution in [3.05, 3.63) is 253 Å². The van der Waals surface area contributed by atoms with Gasteiger partial charge < -0.3 is 9.13 Å². The molecule has 0 aliphatic heterocycles. The smallest absolute Gasteiger partial charge is 0.0734 e. The van der Waals surface area contributed by atoms with Gasteiger partial charge in [0.1, 0.15) is 0 Å². The number of para-hydroxylation sites is 2. The number of rotatable bonds is 5. The Bertz CT molecular complexity index is 3640. The first-order chi connectivity index (χ1) is 30.3. The topological polar surface area (TPSA) is 9.86 Å². The van der Waals surface area contributed by atoms with Crippen molar-refractivity contribution in [3.63, 3.8) is 0 Å². The van der Waals surface area contributed by atoms with Gasteiger partial charge in [0, 0.05) is 38.2 Å². The molecule has 0 amide bonds. The summed E-state index contributed by atoms with van der Waals surface area (Å²) in [6.07, 6.45) is 0. The van der Waals surface area contributed by atoms with Crippen LogP contribution >= 0.6 is 0 Å². The van der Waals surface area contributed by atoms with Crippen molar-refractivity contribution < 1.29 is 0 Å². The molecule has 2 nitrogen and oxygen atoms in total. The summed E-state index contributed by atoms with van der Waals surface area (Å²) in [6, 6.07) is 85.4. The maximum atomic E-state index is 2.58. The quantitative estimate of drug-likeness (QED) is 0.165. The van der Waals surface area contributed by atoms with Gasteiger partial charge in [0.25, 0.3) is 0 Å². The number of aromatic nitrogens is 2. The van der Waals surface area contributed by atoms with E-state index < -0.39 is 5.41 Å². The normalized spacial score (nSPS) is 13.0. The third-order valence-corrected chi connectivity index (χ3v) is 13.4. The van der Waals surface area contributed by atoms with Gasteiger partial charge in [-0.15, -0.1) is 0 Å². The second-order valence-corrected chi connectivity index (χ2v) is 16.4. The van der Waals surface area contributed by atoms with Gasteiger partial charge in [0.15, 0.2) is 0 Å². The fourth-order valence-corrected chi connectivity index (χ4v) is 10.9. The fourth-order valence-electron chi connectivity index (χ4n) is 10.9. The highest BCUT2D eigenvalue weighted by molar-refractivity contribution is 6.16. The lowest BCUT2D eigenvalue weighted by molar-refractivity contribution is 0.772. The van der Waals surface area contributed by atoms with Crippen LogP contribution in [0.1, 0.15) is 22.3 Å². The third-order valence-electron chi connectivity index (χ3n) is 13.4. The van der Waals surface area contributed by atoms with Crippen molar-refractivity contribution in [3.8, 4) is 33.6 Å². The molecule has 0 radical (unpaired) electrons. The Kier molecular flexibility index (Phi) is 7.26. The minimum atomic E-state index is -0.564. The zero-order valence-electron chi connectivity index (χ0n) is 33.3. The fraction of sp³-hybridized carbons (Fsp3) is 0.0169. The molecule has 13 rings (SSSR count). The molecule has 10 aromatic carbocycles. The van der Waals surface area contributed by atoms with E-state index in [0.29, 0.717) is 0 Å². The molecule has 2 heterocycles. The van der Waals surface area contributed by atoms with E-state index in [1.54, 1.807) is 0 Å². The summed E-state index contributed by atoms with van der Waals surface area (Å²) in [7, 11) is 0. The van der Waals surface area contributed by atoms with Crippen LogP contribution in [0.2, 0.25) is 0 Å². The van der Waals surface area contributed by atoms with E-state index in [1.165, 1.54) is 110 Å². The Morgan fingerprint density at radius 1 is 0.328 bits per heavy atom. The van der Waals surface area contributed by atoms with Gasteiger partial charge in [-0.25, -0.2) is 0 Å². The first-order valence-corrected chi connectivity index (χ1v) is 21.2. The van der Waals surface area contributed by atoms with E-state index in [1.807, 2.05) is 0 Å². The molecule has 0 fully saturated rings. The molecule has 12 aromatic rings. The molecule has 0 unspecified atom stereocenters. The summed E-state index contributed by atoms with van der Waals surface area (Å²) in [5.41, 5.74) is 16.8. The van der Waals surface area contributed by atoms with Gasteiger partial charge >= 0.3 is 0 Å². The average Bonchev–Trinajstić information content (AvgIpc) is 3.96. The van der Waals surface area contributed by atoms with Gasteiger partial charge in [0.2, 0.25) is 0 Å². The number of benzene rings is 10. The van der Waals surface area contributed by atoms with Gasteiger partial charge in [-0.1, -0.05) is 182 Å². The second-order valence-electron chi connectivity index (χ2n) is 16.4. The molecule has 0 saturated heterocycles. The minimum absolute atomic E-state index is 0.564. The predicted octanol–water partition coefficient (Wildman–Crippen LogP) is 15.1. The standard InChI is InChI=1S/C59H38N2/c1-4-19-42(20-5-1)59(43-21-6-2-7-22-43)52-28-14-12-26-46(52)48-33-34-49-51-38-41(32-36-56(51)61(58(49)57(48)59)53-30-16-18-39-17-10-11-25-45(39)53)40-31-35-55-50(37-40)47-27-13-15-29-54(47)60(55)44-23-8-3-9-24-44/h1-38H. The number of hydrogen-bond donors (Lipinski definition) is 0. The molecular formula is C59H38N2. The summed E-state index contributed by atoms with van der Waals surface area (Å²) in [5.74, 6) is 0. The Balaban J connectivity index is 1.15. The van der Waals surface area contributed by atoms with Crippen molar-refractivity contribution in [2.45, 2.75) is 5.41 Å². The molecule has 1 aliphatic rings. The lowest BCUT2D eigenvalue weighted by atomic mass is 9.67. The molecule has 61 heavy (non-hydrogen) atoms. The highest BCUT2D eigenvalue weighted by atomic mass is 15.0. The molecule has 0 saturated carbocycles. The molecule has 1 aliphatic carbocycles. The Morgan fingerprint density at radius 2 is 0.885 bits per heavy atom. The van der Waals surface area contributed by atoms with Crippen LogP contribution in [0.4, 0.5) is 0 Å². The molecule has 0 spiro atoms. The van der Waals surface area contributed by atoms with Crippen LogP contribution in [0.25, 0.3) is 88.0 Å². The third kappa shape index (κ3) is 4.73. The maximum absolute atomic E-state index is 2.58. The van der Waals surface area contributed by atoms with Crippen LogP contribution in [0.5, 0.6) is 0 Å². The summed E-state index contributed by atoms with van der Waals surface area (Å²) in [5, 5.41) is 7.44. The molecule has 0 atom stereocenters. The highest BCUT2D eigenvalue weighted by Gasteiger charge is 2.48. The molecular weight excluding hydrogens is 737 g/mol. The summed E-state index contributed by atoms with van der Waals surface area (Å²) in [4.78, 5) is 0. The molecule has 2 aromatic heterocycles. The van der Waals surface area contributed by atoms with E-state index in [0.717, 1.165) is 0 Å². The van der Waals surface area contributed by atoms with Gasteiger partial charge in [-0.2, -0.15) is 0 Å². The monoisotopic (exact) mass is 774 g/mol. The van der Waals surface area contributed by atoms with Crippen molar-refractivity contribution >= 4 is 54.4 Å². The van der Waals surface area contributed by atoms with Crippen molar-refractivity contribution in [2.75, 3.05) is 0 Å². The second kappa shape index (κ2) is 13.0. The number of hydrogen-bond acceptors (Lipinski definition) is 0. The van der Waals surface area contributed by atoms with E-state index in [4.69, 9.17) is 0 Å². The Labute approximate surface area is 353 Å². The van der Waals surface area contributed by atoms with E-state index in [2.05, 4.69) is 240 Å². The molecule has 0 N–H and O–H groups in total. The molecule has 0 bridgehead atoms. The Hall–Kier alpha value is -7.94. The summed E-state index contributed by atoms with van der Waals surface area (Å²) >= 11 is 0. The van der Waals surface area contributed by atoms with Crippen LogP contribution in [0, 0.1) is 0 Å². The maximum Gasteiger partial charge on any atom is 0.0734 e. The largest absolute Gasteiger partial charge is 0.309 e. The van der Waals surface area contributed by atoms with Crippen LogP contribution in [-0.4, -0.2) is 9.13 Å². The zero-order valence-corrected chi connectivity index (χ0v) is 33.3. The van der Waals surface area contributed by atoms with Gasteiger partial charge in [-0.3, -0.25) is 0 Å². The van der Waals surface area contributed by atoms with Crippen LogP contribution in [-0.2, 0) is 5.41 Å². The van der Waals surface area contributed by atoms with Crippen LogP contribution in [0.3, 0.4) is 0 Å². The van der Waals surface area contributed by atoms with Crippen molar-refractivity contribution in [1.29, 1.82) is 0 Å². The van der Waals surface area contributed by atoms with E-state index >= 15 is 0 Å². The lowest BCUT2D eigenvalue weighted by Crippen LogP contribution is -2.29. The SMILES string of the molecule is c1ccc(-n2c3ccccc3c3cc(-c4ccc5c(c4)c4ccc6c(c4n5-c4cccc5ccccc45)C(c4ccccc4)(c4ccccc4)c4ccccc4-6)ccc32)cc1. The average molecular weight is 775 g/mol. The van der Waals surface area contributed by atoms with E-state index in [-0.39, 0.29) is 0 Å². The van der Waals surface area contributed by atoms with Gasteiger partial charge in [0.05, 0.1) is 33.2 Å². The van der Waals surface area contributed by atoms with E-state index in [9.17, 15) is 0 Å². The van der Waals surface area contributed by atoms with Crippen molar-refractivity contribution in [2.24, 2.45) is 0 Å². The Morgan fingerprint density at radius 3 is 1.62 bits per heavy atom. The van der Waals surface area contributed by atoms with Crippen molar-refractivity contribution in [1.82, 2.24) is 9.13 Å². The van der Waals surface area contributed by atoms with Crippen LogP contribution in [0.15, 0.2) is 231 Å². The lowest BCUT2D eigenvalue weighted by Gasteiger charge is -2.34. The first-order valence-electron chi connectivity index (χ1n) is 21.2. The minimum Gasteiger partial charge on any atom is -0.309 e. The molecule has 284 valence electrons. The van der Waals surface area contributed by atoms with Crippen LogP contribution < -0.4 is 0 Å². The summed E-state index contributed by atoms with van der Waals surface area (Å²) < 4.78 is 4.97. The number of nitrogens with zero attached hydrogens (tertiary/aromatic N) is 2. The summed E-state index contributed by atoms with van der Waals surface area (Å²) in [6.45, 7) is 0. The first kappa shape index (κ1) is 34.0. The predicted molar refractivity (Wildman–Crippen MR) is 255 cm³/mol. The molecule has 2 heteroatoms. The number of fused-ring (bicyclic) bond motifs is 11. The highest BCUT2D eigenvalue weighted by Crippen LogP contribution is 2.59. The zero-order chi connectivity index (χ0) is 40.1. The van der Waals surface area contributed by atoms with Gasteiger partial charge in [-0.05, 0) is 92.9 Å².